The molecule has 0 amide bonds. The lowest BCUT2D eigenvalue weighted by molar-refractivity contribution is 0.187. The Hall–Kier alpha value is -2.81. The van der Waals surface area contributed by atoms with Gasteiger partial charge in [-0.3, -0.25) is 0 Å². The molecule has 4 rings (SSSR count). The van der Waals surface area contributed by atoms with Crippen molar-refractivity contribution in [2.24, 2.45) is 17.8 Å². The molecular formula is C39H49F3. The maximum Gasteiger partial charge on any atom is 0.166 e. The first-order valence-corrected chi connectivity index (χ1v) is 16.4. The average Bonchev–Trinajstić information content (AvgIpc) is 3.01. The number of benzene rings is 3. The number of allylic oxidation sites excluding steroid dienone is 2. The Morgan fingerprint density at radius 3 is 2.07 bits per heavy atom. The highest BCUT2D eigenvalue weighted by molar-refractivity contribution is 5.74. The van der Waals surface area contributed by atoms with Crippen LogP contribution in [0.15, 0.2) is 60.7 Å². The van der Waals surface area contributed by atoms with Crippen molar-refractivity contribution in [2.75, 3.05) is 0 Å². The van der Waals surface area contributed by atoms with E-state index in [1.165, 1.54) is 50.5 Å². The molecule has 226 valence electrons. The summed E-state index contributed by atoms with van der Waals surface area (Å²) in [5.74, 6) is 0.636. The molecule has 0 aromatic heterocycles. The van der Waals surface area contributed by atoms with Gasteiger partial charge in [0.25, 0.3) is 0 Å². The lowest BCUT2D eigenvalue weighted by atomic mass is 9.72. The predicted octanol–water partition coefficient (Wildman–Crippen LogP) is 12.6. The van der Waals surface area contributed by atoms with E-state index in [1.807, 2.05) is 19.1 Å². The maximum atomic E-state index is 15.4. The van der Waals surface area contributed by atoms with Crippen LogP contribution < -0.4 is 0 Å². The van der Waals surface area contributed by atoms with E-state index in [0.29, 0.717) is 23.1 Å². The molecule has 1 unspecified atom stereocenters. The SMILES string of the molecule is C/C=C(\CCC(CC)C1CCC(CCC)CC1)c1ccc(-c2ccc(-c3ccc(CCCC)c(F)c3F)cc2)c(F)c1. The molecule has 0 radical (unpaired) electrons. The number of halogens is 3. The van der Waals surface area contributed by atoms with Gasteiger partial charge in [-0.15, -0.1) is 0 Å². The van der Waals surface area contributed by atoms with Gasteiger partial charge < -0.3 is 0 Å². The smallest absolute Gasteiger partial charge is 0.166 e. The molecule has 0 saturated heterocycles. The zero-order valence-corrected chi connectivity index (χ0v) is 26.1. The summed E-state index contributed by atoms with van der Waals surface area (Å²) >= 11 is 0. The van der Waals surface area contributed by atoms with Gasteiger partial charge in [0, 0.05) is 11.1 Å². The Morgan fingerprint density at radius 1 is 0.810 bits per heavy atom. The summed E-state index contributed by atoms with van der Waals surface area (Å²) in [6.45, 7) is 8.70. The molecule has 1 aliphatic carbocycles. The summed E-state index contributed by atoms with van der Waals surface area (Å²) in [7, 11) is 0. The molecule has 1 atom stereocenters. The lowest BCUT2D eigenvalue weighted by Crippen LogP contribution is -2.21. The van der Waals surface area contributed by atoms with Crippen LogP contribution in [0.5, 0.6) is 0 Å². The topological polar surface area (TPSA) is 0 Å². The second kappa shape index (κ2) is 15.6. The van der Waals surface area contributed by atoms with E-state index in [-0.39, 0.29) is 11.4 Å². The third-order valence-electron chi connectivity index (χ3n) is 9.72. The molecule has 3 heteroatoms. The van der Waals surface area contributed by atoms with Crippen molar-refractivity contribution in [3.63, 3.8) is 0 Å². The zero-order chi connectivity index (χ0) is 30.1. The van der Waals surface area contributed by atoms with Gasteiger partial charge in [-0.25, -0.2) is 13.2 Å². The second-order valence-electron chi connectivity index (χ2n) is 12.4. The first-order valence-electron chi connectivity index (χ1n) is 16.4. The summed E-state index contributed by atoms with van der Waals surface area (Å²) in [5, 5.41) is 0. The van der Waals surface area contributed by atoms with Crippen LogP contribution in [-0.2, 0) is 6.42 Å². The summed E-state index contributed by atoms with van der Waals surface area (Å²) in [6.07, 6.45) is 15.9. The van der Waals surface area contributed by atoms with Crippen LogP contribution in [0.25, 0.3) is 27.8 Å². The van der Waals surface area contributed by atoms with E-state index < -0.39 is 11.6 Å². The molecule has 1 fully saturated rings. The minimum Gasteiger partial charge on any atom is -0.206 e. The fourth-order valence-electron chi connectivity index (χ4n) is 7.08. The Balaban J connectivity index is 1.42. The maximum absolute atomic E-state index is 15.4. The van der Waals surface area contributed by atoms with E-state index in [1.54, 1.807) is 42.5 Å². The van der Waals surface area contributed by atoms with Crippen molar-refractivity contribution in [1.82, 2.24) is 0 Å². The van der Waals surface area contributed by atoms with Gasteiger partial charge in [0.05, 0.1) is 0 Å². The van der Waals surface area contributed by atoms with Crippen molar-refractivity contribution < 1.29 is 13.2 Å². The van der Waals surface area contributed by atoms with Crippen LogP contribution in [0.3, 0.4) is 0 Å². The normalized spacial score (nSPS) is 18.3. The zero-order valence-electron chi connectivity index (χ0n) is 26.1. The minimum atomic E-state index is -0.819. The fraction of sp³-hybridized carbons (Fsp3) is 0.487. The van der Waals surface area contributed by atoms with Gasteiger partial charge in [0.15, 0.2) is 11.6 Å². The van der Waals surface area contributed by atoms with Gasteiger partial charge in [-0.2, -0.15) is 0 Å². The molecule has 1 aliphatic rings. The first-order chi connectivity index (χ1) is 20.4. The number of unbranched alkanes of at least 4 members (excludes halogenated alkanes) is 1. The fourth-order valence-corrected chi connectivity index (χ4v) is 7.08. The van der Waals surface area contributed by atoms with E-state index in [2.05, 4.69) is 26.8 Å². The largest absolute Gasteiger partial charge is 0.206 e. The number of rotatable bonds is 13. The standard InChI is InChI=1S/C39H49F3/c1-5-9-11-33-22-25-36(39(42)38(33)41)32-20-18-31(19-21-32)35-24-23-34(26-37(35)40)29(8-4)17-16-28(7-3)30-14-12-27(10-6-2)13-15-30/h8,18-28,30H,5-7,9-17H2,1-4H3/b29-8+. The Morgan fingerprint density at radius 2 is 1.48 bits per heavy atom. The molecular weight excluding hydrogens is 525 g/mol. The van der Waals surface area contributed by atoms with Crippen LogP contribution >= 0.6 is 0 Å². The third-order valence-corrected chi connectivity index (χ3v) is 9.72. The number of hydrogen-bond acceptors (Lipinski definition) is 0. The predicted molar refractivity (Wildman–Crippen MR) is 173 cm³/mol. The van der Waals surface area contributed by atoms with Crippen LogP contribution in [0.1, 0.15) is 109 Å². The summed E-state index contributed by atoms with van der Waals surface area (Å²) in [4.78, 5) is 0. The van der Waals surface area contributed by atoms with Crippen molar-refractivity contribution in [3.8, 4) is 22.3 Å². The third kappa shape index (κ3) is 7.77. The Kier molecular flexibility index (Phi) is 11.9. The Bertz CT molecular complexity index is 1310. The monoisotopic (exact) mass is 574 g/mol. The molecule has 0 spiro atoms. The van der Waals surface area contributed by atoms with Crippen LogP contribution in [0, 0.1) is 35.2 Å². The highest BCUT2D eigenvalue weighted by Crippen LogP contribution is 2.40. The van der Waals surface area contributed by atoms with Gasteiger partial charge in [-0.1, -0.05) is 114 Å². The minimum absolute atomic E-state index is 0.229. The average molecular weight is 575 g/mol. The molecule has 1 saturated carbocycles. The molecule has 0 bridgehead atoms. The number of hydrogen-bond donors (Lipinski definition) is 0. The van der Waals surface area contributed by atoms with E-state index in [9.17, 15) is 8.78 Å². The summed E-state index contributed by atoms with van der Waals surface area (Å²) < 4.78 is 44.9. The van der Waals surface area contributed by atoms with Crippen molar-refractivity contribution in [1.29, 1.82) is 0 Å². The molecule has 0 nitrogen and oxygen atoms in total. The molecule has 42 heavy (non-hydrogen) atoms. The van der Waals surface area contributed by atoms with Crippen LogP contribution in [0.2, 0.25) is 0 Å². The van der Waals surface area contributed by atoms with E-state index >= 15 is 4.39 Å². The van der Waals surface area contributed by atoms with Gasteiger partial charge in [0.1, 0.15) is 5.82 Å². The molecule has 0 N–H and O–H groups in total. The van der Waals surface area contributed by atoms with Gasteiger partial charge in [0.2, 0.25) is 0 Å². The number of aryl methyl sites for hydroxylation is 1. The molecule has 0 aliphatic heterocycles. The summed E-state index contributed by atoms with van der Waals surface area (Å²) in [6, 6.07) is 15.9. The molecule has 0 heterocycles. The lowest BCUT2D eigenvalue weighted by Gasteiger charge is -2.34. The highest BCUT2D eigenvalue weighted by atomic mass is 19.2. The second-order valence-corrected chi connectivity index (χ2v) is 12.4. The summed E-state index contributed by atoms with van der Waals surface area (Å²) in [5.41, 5.74) is 4.60. The van der Waals surface area contributed by atoms with E-state index in [0.717, 1.165) is 54.6 Å². The highest BCUT2D eigenvalue weighted by Gasteiger charge is 2.26. The van der Waals surface area contributed by atoms with Crippen LogP contribution in [0.4, 0.5) is 13.2 Å². The van der Waals surface area contributed by atoms with Gasteiger partial charge in [-0.05, 0) is 97.1 Å². The van der Waals surface area contributed by atoms with Gasteiger partial charge >= 0.3 is 0 Å². The first kappa shape index (κ1) is 32.1. The molecule has 3 aromatic carbocycles. The van der Waals surface area contributed by atoms with E-state index in [4.69, 9.17) is 0 Å². The van der Waals surface area contributed by atoms with Crippen molar-refractivity contribution in [3.05, 3.63) is 89.3 Å². The quantitative estimate of drug-likeness (QED) is 0.190. The van der Waals surface area contributed by atoms with Crippen molar-refractivity contribution in [2.45, 2.75) is 105 Å². The molecule has 3 aromatic rings. The Labute approximate surface area is 252 Å². The van der Waals surface area contributed by atoms with Crippen molar-refractivity contribution >= 4 is 5.57 Å². The van der Waals surface area contributed by atoms with Crippen LogP contribution in [-0.4, -0.2) is 0 Å².